The normalized spacial score (nSPS) is 20.2. The molecule has 3 aliphatic rings. The Morgan fingerprint density at radius 2 is 1.98 bits per heavy atom. The Labute approximate surface area is 248 Å². The van der Waals surface area contributed by atoms with Crippen molar-refractivity contribution in [2.24, 2.45) is 5.41 Å². The number of hydrogen-bond donors (Lipinski definition) is 2. The van der Waals surface area contributed by atoms with E-state index in [1.165, 1.54) is 6.07 Å². The van der Waals surface area contributed by atoms with Crippen molar-refractivity contribution in [1.82, 2.24) is 20.7 Å². The molecule has 0 radical (unpaired) electrons. The minimum atomic E-state index is -0.939. The van der Waals surface area contributed by atoms with E-state index in [4.69, 9.17) is 19.7 Å². The summed E-state index contributed by atoms with van der Waals surface area (Å²) in [6, 6.07) is 17.1. The molecule has 4 aromatic rings. The van der Waals surface area contributed by atoms with Crippen molar-refractivity contribution in [3.8, 4) is 11.9 Å². The van der Waals surface area contributed by atoms with Crippen LogP contribution >= 0.6 is 0 Å². The smallest absolute Gasteiger partial charge is 0.335 e. The van der Waals surface area contributed by atoms with Crippen molar-refractivity contribution in [3.05, 3.63) is 82.9 Å². The summed E-state index contributed by atoms with van der Waals surface area (Å²) in [6.45, 7) is 3.19. The molecular formula is C32H33FN6O4. The van der Waals surface area contributed by atoms with Gasteiger partial charge in [0, 0.05) is 37.2 Å². The summed E-state index contributed by atoms with van der Waals surface area (Å²) >= 11 is 0. The van der Waals surface area contributed by atoms with Gasteiger partial charge in [-0.2, -0.15) is 10.2 Å². The van der Waals surface area contributed by atoms with Crippen LogP contribution in [0.4, 0.5) is 10.2 Å². The number of halogens is 1. The Kier molecular flexibility index (Phi) is 7.50. The average molecular weight is 585 g/mol. The van der Waals surface area contributed by atoms with Crippen LogP contribution in [0.1, 0.15) is 58.9 Å². The van der Waals surface area contributed by atoms with Crippen LogP contribution in [0.3, 0.4) is 0 Å². The van der Waals surface area contributed by atoms with Gasteiger partial charge in [0.2, 0.25) is 5.88 Å². The number of carbonyl (C=O) groups is 1. The van der Waals surface area contributed by atoms with E-state index in [9.17, 15) is 14.3 Å². The van der Waals surface area contributed by atoms with E-state index in [2.05, 4.69) is 14.5 Å². The number of nitriles is 1. The second kappa shape index (κ2) is 11.3. The molecule has 0 amide bonds. The molecule has 11 heteroatoms. The van der Waals surface area contributed by atoms with Gasteiger partial charge in [0.05, 0.1) is 40.9 Å². The number of aromatic carboxylic acids is 1. The Morgan fingerprint density at radius 1 is 1.16 bits per heavy atom. The van der Waals surface area contributed by atoms with E-state index >= 15 is 0 Å². The van der Waals surface area contributed by atoms with Crippen molar-refractivity contribution in [3.63, 3.8) is 0 Å². The van der Waals surface area contributed by atoms with Gasteiger partial charge in [-0.05, 0) is 67.5 Å². The number of rotatable bonds is 8. The highest BCUT2D eigenvalue weighted by Gasteiger charge is 2.57. The van der Waals surface area contributed by atoms with E-state index in [1.54, 1.807) is 30.3 Å². The standard InChI is InChI=1S/C32H30FN5O4.H3N/c33-25-14-20(17-34)4-5-22(25)19-42-29-3-1-2-28(36-29)37-11-9-32(10-12-37)16-24(32)30-35-26-7-6-21(31(39)40)15-27(26)38(30)18-23-8-13-41-23;/h1-7,14-15,23-24H,8-13,16,18-19H2,(H,39,40);1H3/t23-,24?;/m0./s1. The van der Waals surface area contributed by atoms with Crippen LogP contribution in [-0.4, -0.2) is 51.4 Å². The first-order valence-electron chi connectivity index (χ1n) is 14.3. The predicted octanol–water partition coefficient (Wildman–Crippen LogP) is 5.44. The number of fused-ring (bicyclic) bond motifs is 1. The van der Waals surface area contributed by atoms with Crippen molar-refractivity contribution in [2.45, 2.75) is 50.9 Å². The first kappa shape index (κ1) is 28.6. The third kappa shape index (κ3) is 5.40. The zero-order chi connectivity index (χ0) is 28.8. The summed E-state index contributed by atoms with van der Waals surface area (Å²) < 4.78 is 28.0. The predicted molar refractivity (Wildman–Crippen MR) is 157 cm³/mol. The van der Waals surface area contributed by atoms with Gasteiger partial charge in [-0.1, -0.05) is 12.1 Å². The lowest BCUT2D eigenvalue weighted by atomic mass is 9.90. The van der Waals surface area contributed by atoms with Crippen LogP contribution in [0.5, 0.6) is 5.88 Å². The number of hydrogen-bond acceptors (Lipinski definition) is 8. The molecule has 2 aliphatic heterocycles. The number of piperidine rings is 1. The molecule has 1 saturated carbocycles. The molecule has 1 spiro atoms. The molecule has 4 heterocycles. The lowest BCUT2D eigenvalue weighted by Gasteiger charge is -2.34. The molecule has 7 rings (SSSR count). The van der Waals surface area contributed by atoms with E-state index < -0.39 is 11.8 Å². The van der Waals surface area contributed by atoms with E-state index in [0.717, 1.165) is 68.1 Å². The largest absolute Gasteiger partial charge is 0.478 e. The molecule has 1 unspecified atom stereocenters. The molecule has 2 aromatic carbocycles. The molecule has 2 aromatic heterocycles. The number of benzene rings is 2. The van der Waals surface area contributed by atoms with Crippen molar-refractivity contribution in [2.75, 3.05) is 24.6 Å². The zero-order valence-corrected chi connectivity index (χ0v) is 23.7. The fraction of sp³-hybridized carbons (Fsp3) is 0.375. The molecule has 0 bridgehead atoms. The molecule has 4 N–H and O–H groups in total. The van der Waals surface area contributed by atoms with Gasteiger partial charge in [-0.15, -0.1) is 0 Å². The van der Waals surface area contributed by atoms with Crippen molar-refractivity contribution >= 4 is 22.8 Å². The maximum atomic E-state index is 14.3. The number of anilines is 1. The quantitative estimate of drug-likeness (QED) is 0.276. The van der Waals surface area contributed by atoms with Gasteiger partial charge in [-0.25, -0.2) is 14.2 Å². The van der Waals surface area contributed by atoms with Crippen LogP contribution in [0.15, 0.2) is 54.6 Å². The summed E-state index contributed by atoms with van der Waals surface area (Å²) in [5.74, 6) is 1.21. The lowest BCUT2D eigenvalue weighted by molar-refractivity contribution is -0.0590. The van der Waals surface area contributed by atoms with Crippen LogP contribution in [0, 0.1) is 22.6 Å². The Balaban J connectivity index is 0.00000329. The Hall–Kier alpha value is -4.53. The highest BCUT2D eigenvalue weighted by molar-refractivity contribution is 5.92. The average Bonchev–Trinajstić information content (AvgIpc) is 3.55. The second-order valence-electron chi connectivity index (χ2n) is 11.5. The van der Waals surface area contributed by atoms with Gasteiger partial charge < -0.3 is 30.2 Å². The number of ether oxygens (including phenoxy) is 2. The molecule has 2 atom stereocenters. The number of imidazole rings is 1. The molecule has 3 fully saturated rings. The molecular weight excluding hydrogens is 551 g/mol. The number of aromatic nitrogens is 3. The third-order valence-electron chi connectivity index (χ3n) is 9.06. The van der Waals surface area contributed by atoms with Crippen molar-refractivity contribution in [1.29, 1.82) is 5.26 Å². The minimum absolute atomic E-state index is 0. The van der Waals surface area contributed by atoms with E-state index in [0.29, 0.717) is 23.9 Å². The second-order valence-corrected chi connectivity index (χ2v) is 11.5. The van der Waals surface area contributed by atoms with Gasteiger partial charge in [0.25, 0.3) is 0 Å². The minimum Gasteiger partial charge on any atom is -0.478 e. The van der Waals surface area contributed by atoms with Gasteiger partial charge in [0.15, 0.2) is 0 Å². The van der Waals surface area contributed by atoms with Crippen molar-refractivity contribution < 1.29 is 23.8 Å². The summed E-state index contributed by atoms with van der Waals surface area (Å²) in [6.07, 6.45) is 4.21. The first-order valence-corrected chi connectivity index (χ1v) is 14.3. The number of nitrogens with zero attached hydrogens (tertiary/aromatic N) is 5. The Morgan fingerprint density at radius 3 is 2.67 bits per heavy atom. The van der Waals surface area contributed by atoms with Crippen LogP contribution < -0.4 is 15.8 Å². The topological polar surface area (TPSA) is 148 Å². The highest BCUT2D eigenvalue weighted by atomic mass is 19.1. The molecule has 1 aliphatic carbocycles. The summed E-state index contributed by atoms with van der Waals surface area (Å²) in [7, 11) is 0. The fourth-order valence-corrected chi connectivity index (χ4v) is 6.36. The number of pyridine rings is 1. The summed E-state index contributed by atoms with van der Waals surface area (Å²) in [5.41, 5.74) is 2.78. The molecule has 2 saturated heterocycles. The van der Waals surface area contributed by atoms with Gasteiger partial charge in [-0.3, -0.25) is 0 Å². The van der Waals surface area contributed by atoms with Crippen LogP contribution in [-0.2, 0) is 17.9 Å². The maximum Gasteiger partial charge on any atom is 0.335 e. The monoisotopic (exact) mass is 584 g/mol. The maximum absolute atomic E-state index is 14.3. The van der Waals surface area contributed by atoms with E-state index in [-0.39, 0.29) is 35.4 Å². The lowest BCUT2D eigenvalue weighted by Crippen LogP contribution is -2.36. The third-order valence-corrected chi connectivity index (χ3v) is 9.06. The van der Waals surface area contributed by atoms with E-state index in [1.807, 2.05) is 24.3 Å². The van der Waals surface area contributed by atoms with Crippen LogP contribution in [0.25, 0.3) is 11.0 Å². The van der Waals surface area contributed by atoms with Crippen LogP contribution in [0.2, 0.25) is 0 Å². The molecule has 10 nitrogen and oxygen atoms in total. The molecule has 222 valence electrons. The van der Waals surface area contributed by atoms with Gasteiger partial charge in [0.1, 0.15) is 24.1 Å². The molecule has 43 heavy (non-hydrogen) atoms. The Bertz CT molecular complexity index is 1720. The summed E-state index contributed by atoms with van der Waals surface area (Å²) in [4.78, 5) is 23.6. The number of carboxylic acids is 1. The zero-order valence-electron chi connectivity index (χ0n) is 23.7. The SMILES string of the molecule is N.N#Cc1ccc(COc2cccc(N3CCC4(CC3)CC4c3nc4ccc(C(=O)O)cc4n3C[C@@H]3CCO3)n2)c(F)c1. The first-order chi connectivity index (χ1) is 20.4. The van der Waals surface area contributed by atoms with Gasteiger partial charge >= 0.3 is 5.97 Å². The highest BCUT2D eigenvalue weighted by Crippen LogP contribution is 2.65. The number of carboxylic acid groups (broad SMARTS) is 1. The summed E-state index contributed by atoms with van der Waals surface area (Å²) in [5, 5.41) is 18.5. The fourth-order valence-electron chi connectivity index (χ4n) is 6.36.